The van der Waals surface area contributed by atoms with Crippen molar-refractivity contribution in [2.24, 2.45) is 0 Å². The minimum absolute atomic E-state index is 0.0517. The SMILES string of the molecule is CC(C)(C)OC(=O)NCCOc1cc(Br)ccc1OC(F)(F)F. The highest BCUT2D eigenvalue weighted by molar-refractivity contribution is 9.10. The van der Waals surface area contributed by atoms with Gasteiger partial charge in [0.2, 0.25) is 0 Å². The molecule has 0 bridgehead atoms. The van der Waals surface area contributed by atoms with Gasteiger partial charge in [-0.05, 0) is 39.0 Å². The Labute approximate surface area is 140 Å². The summed E-state index contributed by atoms with van der Waals surface area (Å²) in [6.07, 6.45) is -5.46. The van der Waals surface area contributed by atoms with Crippen molar-refractivity contribution in [3.8, 4) is 11.5 Å². The van der Waals surface area contributed by atoms with Crippen LogP contribution in [0.2, 0.25) is 0 Å². The molecular weight excluding hydrogens is 383 g/mol. The van der Waals surface area contributed by atoms with Crippen molar-refractivity contribution in [1.82, 2.24) is 5.32 Å². The number of hydrogen-bond donors (Lipinski definition) is 1. The van der Waals surface area contributed by atoms with Gasteiger partial charge in [-0.1, -0.05) is 15.9 Å². The standard InChI is InChI=1S/C14H17BrF3NO4/c1-13(2,3)23-12(20)19-6-7-21-11-8-9(15)4-5-10(11)22-14(16,17)18/h4-5,8H,6-7H2,1-3H3,(H,19,20). The maximum atomic E-state index is 12.3. The fourth-order valence-electron chi connectivity index (χ4n) is 1.43. The van der Waals surface area contributed by atoms with E-state index in [-0.39, 0.29) is 18.9 Å². The van der Waals surface area contributed by atoms with E-state index in [4.69, 9.17) is 9.47 Å². The average Bonchev–Trinajstić information content (AvgIpc) is 2.34. The third-order valence-corrected chi connectivity index (χ3v) is 2.65. The molecule has 0 fully saturated rings. The second kappa shape index (κ2) is 7.76. The van der Waals surface area contributed by atoms with Crippen LogP contribution >= 0.6 is 15.9 Å². The van der Waals surface area contributed by atoms with Crippen molar-refractivity contribution in [2.75, 3.05) is 13.2 Å². The molecule has 0 aromatic heterocycles. The third-order valence-electron chi connectivity index (χ3n) is 2.16. The Morgan fingerprint density at radius 2 is 1.87 bits per heavy atom. The summed E-state index contributed by atoms with van der Waals surface area (Å²) in [6, 6.07) is 3.87. The molecular formula is C14H17BrF3NO4. The van der Waals surface area contributed by atoms with Crippen molar-refractivity contribution >= 4 is 22.0 Å². The predicted molar refractivity (Wildman–Crippen MR) is 80.6 cm³/mol. The number of ether oxygens (including phenoxy) is 3. The van der Waals surface area contributed by atoms with Crippen molar-refractivity contribution in [2.45, 2.75) is 32.7 Å². The number of hydrogen-bond acceptors (Lipinski definition) is 4. The van der Waals surface area contributed by atoms with Gasteiger partial charge in [0.25, 0.3) is 0 Å². The summed E-state index contributed by atoms with van der Waals surface area (Å²) in [5.74, 6) is -0.555. The lowest BCUT2D eigenvalue weighted by molar-refractivity contribution is -0.275. The van der Waals surface area contributed by atoms with Crippen molar-refractivity contribution in [3.63, 3.8) is 0 Å². The van der Waals surface area contributed by atoms with Gasteiger partial charge < -0.3 is 19.5 Å². The van der Waals surface area contributed by atoms with Gasteiger partial charge in [-0.15, -0.1) is 13.2 Å². The van der Waals surface area contributed by atoms with Gasteiger partial charge >= 0.3 is 12.5 Å². The Kier molecular flexibility index (Phi) is 6.55. The summed E-state index contributed by atoms with van der Waals surface area (Å²) in [7, 11) is 0. The first-order valence-electron chi connectivity index (χ1n) is 6.61. The highest BCUT2D eigenvalue weighted by Gasteiger charge is 2.32. The molecule has 1 rings (SSSR count). The molecule has 9 heteroatoms. The molecule has 0 unspecified atom stereocenters. The van der Waals surface area contributed by atoms with Crippen LogP contribution in [-0.2, 0) is 4.74 Å². The topological polar surface area (TPSA) is 56.8 Å². The number of rotatable bonds is 5. The van der Waals surface area contributed by atoms with Crippen molar-refractivity contribution in [1.29, 1.82) is 0 Å². The molecule has 0 aliphatic carbocycles. The number of amides is 1. The Morgan fingerprint density at radius 3 is 2.43 bits per heavy atom. The van der Waals surface area contributed by atoms with E-state index >= 15 is 0 Å². The second-order valence-corrected chi connectivity index (χ2v) is 6.33. The first-order chi connectivity index (χ1) is 10.5. The zero-order valence-corrected chi connectivity index (χ0v) is 14.4. The summed E-state index contributed by atoms with van der Waals surface area (Å²) in [5.41, 5.74) is -0.636. The lowest BCUT2D eigenvalue weighted by Crippen LogP contribution is -2.34. The maximum absolute atomic E-state index is 12.3. The predicted octanol–water partition coefficient (Wildman–Crippen LogP) is 4.25. The van der Waals surface area contributed by atoms with Gasteiger partial charge in [0, 0.05) is 4.47 Å². The van der Waals surface area contributed by atoms with E-state index in [0.717, 1.165) is 6.07 Å². The van der Waals surface area contributed by atoms with Crippen LogP contribution in [0.4, 0.5) is 18.0 Å². The lowest BCUT2D eigenvalue weighted by atomic mass is 10.2. The lowest BCUT2D eigenvalue weighted by Gasteiger charge is -2.19. The van der Waals surface area contributed by atoms with E-state index in [1.54, 1.807) is 20.8 Å². The maximum Gasteiger partial charge on any atom is 0.573 e. The van der Waals surface area contributed by atoms with Crippen LogP contribution in [0, 0.1) is 0 Å². The van der Waals surface area contributed by atoms with Gasteiger partial charge in [0.05, 0.1) is 6.54 Å². The van der Waals surface area contributed by atoms with Crippen LogP contribution in [0.15, 0.2) is 22.7 Å². The van der Waals surface area contributed by atoms with Gasteiger partial charge in [-0.2, -0.15) is 0 Å². The first kappa shape index (κ1) is 19.4. The Bertz CT molecular complexity index is 544. The number of carbonyl (C=O) groups excluding carboxylic acids is 1. The number of halogens is 4. The molecule has 0 saturated heterocycles. The second-order valence-electron chi connectivity index (χ2n) is 5.42. The molecule has 0 saturated carbocycles. The van der Waals surface area contributed by atoms with E-state index in [1.807, 2.05) is 0 Å². The van der Waals surface area contributed by atoms with Crippen LogP contribution in [-0.4, -0.2) is 31.2 Å². The van der Waals surface area contributed by atoms with Gasteiger partial charge in [-0.25, -0.2) is 4.79 Å². The third kappa shape index (κ3) is 8.53. The minimum atomic E-state index is -4.82. The Hall–Kier alpha value is -1.64. The average molecular weight is 400 g/mol. The highest BCUT2D eigenvalue weighted by Crippen LogP contribution is 2.34. The van der Waals surface area contributed by atoms with Gasteiger partial charge in [-0.3, -0.25) is 0 Å². The molecule has 1 aromatic carbocycles. The number of benzene rings is 1. The summed E-state index contributed by atoms with van der Waals surface area (Å²) >= 11 is 3.13. The molecule has 0 spiro atoms. The number of carbonyl (C=O) groups is 1. The molecule has 130 valence electrons. The summed E-state index contributed by atoms with van der Waals surface area (Å²) in [4.78, 5) is 11.4. The van der Waals surface area contributed by atoms with Crippen LogP contribution < -0.4 is 14.8 Å². The fourth-order valence-corrected chi connectivity index (χ4v) is 1.77. The van der Waals surface area contributed by atoms with Crippen LogP contribution in [0.5, 0.6) is 11.5 Å². The number of alkyl carbamates (subject to hydrolysis) is 1. The van der Waals surface area contributed by atoms with E-state index in [1.165, 1.54) is 12.1 Å². The van der Waals surface area contributed by atoms with E-state index in [2.05, 4.69) is 26.0 Å². The normalized spacial score (nSPS) is 11.8. The minimum Gasteiger partial charge on any atom is -0.488 e. The largest absolute Gasteiger partial charge is 0.573 e. The zero-order chi connectivity index (χ0) is 17.7. The van der Waals surface area contributed by atoms with Crippen molar-refractivity contribution < 1.29 is 32.2 Å². The molecule has 0 aliphatic rings. The highest BCUT2D eigenvalue weighted by atomic mass is 79.9. The van der Waals surface area contributed by atoms with Crippen molar-refractivity contribution in [3.05, 3.63) is 22.7 Å². The van der Waals surface area contributed by atoms with Crippen LogP contribution in [0.25, 0.3) is 0 Å². The monoisotopic (exact) mass is 399 g/mol. The first-order valence-corrected chi connectivity index (χ1v) is 7.40. The van der Waals surface area contributed by atoms with E-state index in [9.17, 15) is 18.0 Å². The van der Waals surface area contributed by atoms with Crippen LogP contribution in [0.3, 0.4) is 0 Å². The quantitative estimate of drug-likeness (QED) is 0.751. The van der Waals surface area contributed by atoms with Gasteiger partial charge in [0.1, 0.15) is 12.2 Å². The smallest absolute Gasteiger partial charge is 0.488 e. The summed E-state index contributed by atoms with van der Waals surface area (Å²) < 4.78 is 51.6. The Balaban J connectivity index is 2.54. The fraction of sp³-hybridized carbons (Fsp3) is 0.500. The van der Waals surface area contributed by atoms with E-state index in [0.29, 0.717) is 4.47 Å². The molecule has 1 aromatic rings. The van der Waals surface area contributed by atoms with Crippen LogP contribution in [0.1, 0.15) is 20.8 Å². The molecule has 0 heterocycles. The van der Waals surface area contributed by atoms with Gasteiger partial charge in [0.15, 0.2) is 11.5 Å². The Morgan fingerprint density at radius 1 is 1.22 bits per heavy atom. The molecule has 5 nitrogen and oxygen atoms in total. The molecule has 1 N–H and O–H groups in total. The van der Waals surface area contributed by atoms with E-state index < -0.39 is 23.8 Å². The molecule has 0 radical (unpaired) electrons. The molecule has 0 atom stereocenters. The summed E-state index contributed by atoms with van der Waals surface area (Å²) in [5, 5.41) is 2.43. The molecule has 0 aliphatic heterocycles. The zero-order valence-electron chi connectivity index (χ0n) is 12.8. The number of alkyl halides is 3. The summed E-state index contributed by atoms with van der Waals surface area (Å²) in [6.45, 7) is 5.15. The molecule has 23 heavy (non-hydrogen) atoms. The molecule has 1 amide bonds. The number of nitrogens with one attached hydrogen (secondary N) is 1.